The van der Waals surface area contributed by atoms with Crippen molar-refractivity contribution in [3.63, 3.8) is 0 Å². The van der Waals surface area contributed by atoms with Crippen LogP contribution >= 0.6 is 0 Å². The molecule has 4 rings (SSSR count). The maximum Gasteiger partial charge on any atom is 0.257 e. The summed E-state index contributed by atoms with van der Waals surface area (Å²) in [6.45, 7) is 0.0240. The molecule has 30 heavy (non-hydrogen) atoms. The van der Waals surface area contributed by atoms with Crippen LogP contribution in [0.5, 0.6) is 5.75 Å². The maximum absolute atomic E-state index is 12.7. The highest BCUT2D eigenvalue weighted by Gasteiger charge is 2.15. The van der Waals surface area contributed by atoms with E-state index in [0.29, 0.717) is 22.7 Å². The first-order valence-electron chi connectivity index (χ1n) is 9.35. The molecule has 0 unspecified atom stereocenters. The van der Waals surface area contributed by atoms with Crippen LogP contribution in [-0.4, -0.2) is 33.3 Å². The molecule has 0 fully saturated rings. The number of carbonyl (C=O) groups excluding carboxylic acids is 2. The third-order valence-electron chi connectivity index (χ3n) is 4.71. The molecule has 0 atom stereocenters. The monoisotopic (exact) mass is 403 g/mol. The Morgan fingerprint density at radius 3 is 2.53 bits per heavy atom. The van der Waals surface area contributed by atoms with E-state index in [9.17, 15) is 9.59 Å². The molecule has 0 aliphatic carbocycles. The zero-order chi connectivity index (χ0) is 21.1. The van der Waals surface area contributed by atoms with E-state index < -0.39 is 0 Å². The fourth-order valence-electron chi connectivity index (χ4n) is 3.26. The number of benzene rings is 2. The molecule has 0 saturated carbocycles. The van der Waals surface area contributed by atoms with Gasteiger partial charge in [0.1, 0.15) is 12.3 Å². The third-order valence-corrected chi connectivity index (χ3v) is 4.71. The second-order valence-electron chi connectivity index (χ2n) is 6.83. The van der Waals surface area contributed by atoms with Crippen molar-refractivity contribution < 1.29 is 14.3 Å². The normalized spacial score (nSPS) is 10.7. The van der Waals surface area contributed by atoms with Gasteiger partial charge in [-0.05, 0) is 30.3 Å². The molecule has 2 N–H and O–H groups in total. The molecular formula is C22H21N5O3. The van der Waals surface area contributed by atoms with Gasteiger partial charge >= 0.3 is 0 Å². The zero-order valence-corrected chi connectivity index (χ0v) is 16.6. The Morgan fingerprint density at radius 2 is 1.77 bits per heavy atom. The second-order valence-corrected chi connectivity index (χ2v) is 6.83. The van der Waals surface area contributed by atoms with Crippen molar-refractivity contribution in [1.82, 2.24) is 14.3 Å². The van der Waals surface area contributed by atoms with Crippen LogP contribution in [0.15, 0.2) is 67.1 Å². The lowest BCUT2D eigenvalue weighted by atomic mass is 10.1. The minimum atomic E-state index is -0.228. The number of hydrogen-bond acceptors (Lipinski definition) is 4. The van der Waals surface area contributed by atoms with Gasteiger partial charge in [0, 0.05) is 36.0 Å². The third kappa shape index (κ3) is 4.02. The predicted octanol–water partition coefficient (Wildman–Crippen LogP) is 3.27. The lowest BCUT2D eigenvalue weighted by Gasteiger charge is -2.06. The SMILES string of the molecule is COc1ccc(NC(=O)Cn2cc(NC(=O)c3cn(C)c4ccccc34)cn2)cc1. The first kappa shape index (κ1) is 19.3. The van der Waals surface area contributed by atoms with Crippen molar-refractivity contribution in [3.05, 3.63) is 72.7 Å². The molecule has 0 aliphatic heterocycles. The second kappa shape index (κ2) is 8.12. The maximum atomic E-state index is 12.7. The molecule has 8 nitrogen and oxygen atoms in total. The van der Waals surface area contributed by atoms with Gasteiger partial charge in [0.2, 0.25) is 5.91 Å². The van der Waals surface area contributed by atoms with E-state index in [2.05, 4.69) is 15.7 Å². The molecule has 0 bridgehead atoms. The van der Waals surface area contributed by atoms with Crippen molar-refractivity contribution in [1.29, 1.82) is 0 Å². The van der Waals surface area contributed by atoms with E-state index in [1.165, 1.54) is 10.9 Å². The molecule has 2 aromatic carbocycles. The topological polar surface area (TPSA) is 90.2 Å². The summed E-state index contributed by atoms with van der Waals surface area (Å²) in [5.74, 6) is 0.260. The first-order chi connectivity index (χ1) is 14.5. The van der Waals surface area contributed by atoms with Crippen LogP contribution in [0.1, 0.15) is 10.4 Å². The van der Waals surface area contributed by atoms with Gasteiger partial charge in [-0.25, -0.2) is 0 Å². The van der Waals surface area contributed by atoms with Crippen molar-refractivity contribution >= 4 is 34.1 Å². The number of fused-ring (bicyclic) bond motifs is 1. The molecule has 4 aromatic rings. The summed E-state index contributed by atoms with van der Waals surface area (Å²) >= 11 is 0. The summed E-state index contributed by atoms with van der Waals surface area (Å²) in [5.41, 5.74) is 2.74. The van der Waals surface area contributed by atoms with Gasteiger partial charge in [0.25, 0.3) is 5.91 Å². The van der Waals surface area contributed by atoms with Crippen LogP contribution in [0.25, 0.3) is 10.9 Å². The van der Waals surface area contributed by atoms with E-state index >= 15 is 0 Å². The van der Waals surface area contributed by atoms with Crippen molar-refractivity contribution in [2.45, 2.75) is 6.54 Å². The molecule has 0 radical (unpaired) electrons. The number of para-hydroxylation sites is 1. The minimum absolute atomic E-state index is 0.0240. The van der Waals surface area contributed by atoms with Crippen LogP contribution in [-0.2, 0) is 18.4 Å². The minimum Gasteiger partial charge on any atom is -0.497 e. The van der Waals surface area contributed by atoms with Gasteiger partial charge in [0.15, 0.2) is 0 Å². The van der Waals surface area contributed by atoms with Gasteiger partial charge in [-0.3, -0.25) is 14.3 Å². The number of carbonyl (C=O) groups is 2. The smallest absolute Gasteiger partial charge is 0.257 e. The van der Waals surface area contributed by atoms with Crippen LogP contribution < -0.4 is 15.4 Å². The Kier molecular flexibility index (Phi) is 5.21. The number of nitrogens with zero attached hydrogens (tertiary/aromatic N) is 3. The molecule has 0 spiro atoms. The summed E-state index contributed by atoms with van der Waals surface area (Å²) in [6.07, 6.45) is 4.94. The average molecular weight is 403 g/mol. The van der Waals surface area contributed by atoms with Gasteiger partial charge in [-0.2, -0.15) is 5.10 Å². The van der Waals surface area contributed by atoms with E-state index in [1.54, 1.807) is 43.8 Å². The van der Waals surface area contributed by atoms with Gasteiger partial charge in [-0.15, -0.1) is 0 Å². The molecule has 2 heterocycles. The standard InChI is InChI=1S/C22H21N5O3/c1-26-13-19(18-5-3-4-6-20(18)26)22(29)25-16-11-23-27(12-16)14-21(28)24-15-7-9-17(30-2)10-8-15/h3-13H,14H2,1-2H3,(H,24,28)(H,25,29). The van der Waals surface area contributed by atoms with Gasteiger partial charge in [0.05, 0.1) is 24.6 Å². The van der Waals surface area contributed by atoms with Gasteiger partial charge in [-0.1, -0.05) is 18.2 Å². The van der Waals surface area contributed by atoms with E-state index in [4.69, 9.17) is 4.74 Å². The number of rotatable bonds is 6. The average Bonchev–Trinajstić information content (AvgIpc) is 3.32. The van der Waals surface area contributed by atoms with Gasteiger partial charge < -0.3 is 19.9 Å². The number of amides is 2. The number of aryl methyl sites for hydroxylation is 1. The highest BCUT2D eigenvalue weighted by molar-refractivity contribution is 6.12. The Morgan fingerprint density at radius 1 is 1.00 bits per heavy atom. The lowest BCUT2D eigenvalue weighted by molar-refractivity contribution is -0.116. The van der Waals surface area contributed by atoms with Crippen molar-refractivity contribution in [2.24, 2.45) is 7.05 Å². The Hall–Kier alpha value is -4.07. The molecule has 2 amide bonds. The van der Waals surface area contributed by atoms with E-state index in [-0.39, 0.29) is 18.4 Å². The van der Waals surface area contributed by atoms with E-state index in [1.807, 2.05) is 35.9 Å². The fourth-order valence-corrected chi connectivity index (χ4v) is 3.26. The van der Waals surface area contributed by atoms with Crippen molar-refractivity contribution in [2.75, 3.05) is 17.7 Å². The number of aromatic nitrogens is 3. The number of methoxy groups -OCH3 is 1. The van der Waals surface area contributed by atoms with Crippen LogP contribution in [0.3, 0.4) is 0 Å². The fraction of sp³-hybridized carbons (Fsp3) is 0.136. The molecule has 8 heteroatoms. The summed E-state index contributed by atoms with van der Waals surface area (Å²) in [5, 5.41) is 10.7. The first-order valence-corrected chi connectivity index (χ1v) is 9.35. The summed E-state index contributed by atoms with van der Waals surface area (Å²) in [6, 6.07) is 14.8. The largest absolute Gasteiger partial charge is 0.497 e. The molecule has 152 valence electrons. The summed E-state index contributed by atoms with van der Waals surface area (Å²) in [7, 11) is 3.49. The molecule has 0 aliphatic rings. The molecular weight excluding hydrogens is 382 g/mol. The summed E-state index contributed by atoms with van der Waals surface area (Å²) < 4.78 is 8.48. The number of ether oxygens (including phenoxy) is 1. The zero-order valence-electron chi connectivity index (χ0n) is 16.6. The van der Waals surface area contributed by atoms with Crippen LogP contribution in [0.2, 0.25) is 0 Å². The van der Waals surface area contributed by atoms with E-state index in [0.717, 1.165) is 10.9 Å². The number of hydrogen-bond donors (Lipinski definition) is 2. The Balaban J connectivity index is 1.39. The number of anilines is 2. The lowest BCUT2D eigenvalue weighted by Crippen LogP contribution is -2.19. The highest BCUT2D eigenvalue weighted by atomic mass is 16.5. The Labute approximate surface area is 173 Å². The quantitative estimate of drug-likeness (QED) is 0.517. The summed E-state index contributed by atoms with van der Waals surface area (Å²) in [4.78, 5) is 25.0. The number of nitrogens with one attached hydrogen (secondary N) is 2. The van der Waals surface area contributed by atoms with Crippen molar-refractivity contribution in [3.8, 4) is 5.75 Å². The van der Waals surface area contributed by atoms with Crippen LogP contribution in [0, 0.1) is 0 Å². The molecule has 2 aromatic heterocycles. The highest BCUT2D eigenvalue weighted by Crippen LogP contribution is 2.21. The molecule has 0 saturated heterocycles. The predicted molar refractivity (Wildman–Crippen MR) is 115 cm³/mol. The Bertz CT molecular complexity index is 1210. The van der Waals surface area contributed by atoms with Crippen LogP contribution in [0.4, 0.5) is 11.4 Å².